The predicted octanol–water partition coefficient (Wildman–Crippen LogP) is 2.20. The Kier molecular flexibility index (Phi) is 4.62. The lowest BCUT2D eigenvalue weighted by Crippen LogP contribution is -2.37. The van der Waals surface area contributed by atoms with E-state index in [2.05, 4.69) is 19.9 Å². The molecule has 6 nitrogen and oxygen atoms in total. The van der Waals surface area contributed by atoms with Gasteiger partial charge in [0.2, 0.25) is 0 Å². The fraction of sp³-hybridized carbons (Fsp3) is 0.467. The number of hydrogen-bond donors (Lipinski definition) is 0. The zero-order valence-corrected chi connectivity index (χ0v) is 13.3. The molecule has 0 bridgehead atoms. The highest BCUT2D eigenvalue weighted by Crippen LogP contribution is 2.23. The molecule has 2 aromatic heterocycles. The lowest BCUT2D eigenvalue weighted by Gasteiger charge is -2.31. The molecule has 2 aromatic rings. The molecule has 0 atom stereocenters. The second kappa shape index (κ2) is 6.83. The molecule has 0 N–H and O–H groups in total. The number of piperidine rings is 1. The van der Waals surface area contributed by atoms with E-state index in [4.69, 9.17) is 4.74 Å². The molecular formula is C15H18N4O2S. The van der Waals surface area contributed by atoms with Crippen LogP contribution in [0.15, 0.2) is 24.1 Å². The number of rotatable bonds is 4. The van der Waals surface area contributed by atoms with Crippen molar-refractivity contribution in [1.82, 2.24) is 15.0 Å². The first-order chi connectivity index (χ1) is 10.7. The summed E-state index contributed by atoms with van der Waals surface area (Å²) in [6.45, 7) is 3.87. The van der Waals surface area contributed by atoms with Crippen LogP contribution in [-0.4, -0.2) is 34.0 Å². The zero-order chi connectivity index (χ0) is 15.4. The summed E-state index contributed by atoms with van der Waals surface area (Å²) in [4.78, 5) is 27.9. The van der Waals surface area contributed by atoms with E-state index >= 15 is 0 Å². The molecular weight excluding hydrogens is 300 g/mol. The van der Waals surface area contributed by atoms with Crippen LogP contribution in [0.3, 0.4) is 0 Å². The van der Waals surface area contributed by atoms with Gasteiger partial charge in [-0.05, 0) is 19.8 Å². The smallest absolute Gasteiger partial charge is 0.309 e. The number of carbonyl (C=O) groups is 1. The van der Waals surface area contributed by atoms with Crippen molar-refractivity contribution < 1.29 is 9.53 Å². The molecule has 1 fully saturated rings. The number of hydrogen-bond acceptors (Lipinski definition) is 7. The van der Waals surface area contributed by atoms with E-state index in [0.29, 0.717) is 6.61 Å². The number of esters is 1. The van der Waals surface area contributed by atoms with E-state index in [1.165, 1.54) is 11.3 Å². The molecule has 0 radical (unpaired) electrons. The molecule has 22 heavy (non-hydrogen) atoms. The van der Waals surface area contributed by atoms with Crippen molar-refractivity contribution in [1.29, 1.82) is 0 Å². The van der Waals surface area contributed by atoms with Crippen LogP contribution in [0.2, 0.25) is 0 Å². The quantitative estimate of drug-likeness (QED) is 0.805. The van der Waals surface area contributed by atoms with Gasteiger partial charge in [-0.3, -0.25) is 9.78 Å². The molecule has 0 unspecified atom stereocenters. The molecule has 0 amide bonds. The third-order valence-corrected chi connectivity index (χ3v) is 4.80. The van der Waals surface area contributed by atoms with Gasteiger partial charge >= 0.3 is 5.97 Å². The van der Waals surface area contributed by atoms with Gasteiger partial charge in [-0.1, -0.05) is 0 Å². The number of thiazole rings is 1. The molecule has 116 valence electrons. The lowest BCUT2D eigenvalue weighted by atomic mass is 9.97. The Balaban J connectivity index is 1.49. The molecule has 0 saturated carbocycles. The lowest BCUT2D eigenvalue weighted by molar-refractivity contribution is -0.150. The molecule has 3 heterocycles. The van der Waals surface area contributed by atoms with E-state index in [1.54, 1.807) is 24.1 Å². The first-order valence-corrected chi connectivity index (χ1v) is 8.18. The SMILES string of the molecule is Cc1ncsc1COC(=O)C1CCN(c2cnccn2)CC1. The van der Waals surface area contributed by atoms with Crippen LogP contribution in [0, 0.1) is 12.8 Å². The fourth-order valence-corrected chi connectivity index (χ4v) is 3.21. The van der Waals surface area contributed by atoms with Crippen LogP contribution < -0.4 is 4.90 Å². The van der Waals surface area contributed by atoms with E-state index in [9.17, 15) is 4.79 Å². The van der Waals surface area contributed by atoms with Crippen molar-refractivity contribution in [3.8, 4) is 0 Å². The monoisotopic (exact) mass is 318 g/mol. The third kappa shape index (κ3) is 3.41. The Bertz CT molecular complexity index is 623. The highest BCUT2D eigenvalue weighted by Gasteiger charge is 2.27. The third-order valence-electron chi connectivity index (χ3n) is 3.89. The standard InChI is InChI=1S/C15H18N4O2S/c1-11-13(22-10-18-11)9-21-15(20)12-2-6-19(7-3-12)14-8-16-4-5-17-14/h4-5,8,10,12H,2-3,6-7,9H2,1H3. The van der Waals surface area contributed by atoms with Crippen molar-refractivity contribution in [2.75, 3.05) is 18.0 Å². The van der Waals surface area contributed by atoms with Gasteiger partial charge in [0.05, 0.1) is 28.2 Å². The van der Waals surface area contributed by atoms with Crippen molar-refractivity contribution in [3.63, 3.8) is 0 Å². The maximum atomic E-state index is 12.2. The summed E-state index contributed by atoms with van der Waals surface area (Å²) in [6, 6.07) is 0. The molecule has 0 aliphatic carbocycles. The molecule has 1 aliphatic rings. The van der Waals surface area contributed by atoms with Crippen molar-refractivity contribution >= 4 is 23.1 Å². The molecule has 3 rings (SSSR count). The van der Waals surface area contributed by atoms with Crippen LogP contribution >= 0.6 is 11.3 Å². The largest absolute Gasteiger partial charge is 0.460 e. The van der Waals surface area contributed by atoms with Crippen molar-refractivity contribution in [2.45, 2.75) is 26.4 Å². The summed E-state index contributed by atoms with van der Waals surface area (Å²) in [7, 11) is 0. The maximum Gasteiger partial charge on any atom is 0.309 e. The predicted molar refractivity (Wildman–Crippen MR) is 83.6 cm³/mol. The zero-order valence-electron chi connectivity index (χ0n) is 12.4. The summed E-state index contributed by atoms with van der Waals surface area (Å²) in [5.41, 5.74) is 2.72. The van der Waals surface area contributed by atoms with Crippen LogP contribution in [0.1, 0.15) is 23.4 Å². The van der Waals surface area contributed by atoms with Crippen LogP contribution in [0.25, 0.3) is 0 Å². The second-order valence-electron chi connectivity index (χ2n) is 5.29. The Hall–Kier alpha value is -2.02. The van der Waals surface area contributed by atoms with E-state index in [1.807, 2.05) is 6.92 Å². The van der Waals surface area contributed by atoms with Crippen LogP contribution in [0.4, 0.5) is 5.82 Å². The summed E-state index contributed by atoms with van der Waals surface area (Å²) >= 11 is 1.52. The number of nitrogens with zero attached hydrogens (tertiary/aromatic N) is 4. The number of aromatic nitrogens is 3. The van der Waals surface area contributed by atoms with Crippen molar-refractivity contribution in [2.24, 2.45) is 5.92 Å². The summed E-state index contributed by atoms with van der Waals surface area (Å²) in [5, 5.41) is 0. The van der Waals surface area contributed by atoms with Crippen LogP contribution in [-0.2, 0) is 16.1 Å². The van der Waals surface area contributed by atoms with E-state index in [-0.39, 0.29) is 11.9 Å². The van der Waals surface area contributed by atoms with Gasteiger partial charge in [0, 0.05) is 25.5 Å². The highest BCUT2D eigenvalue weighted by molar-refractivity contribution is 7.09. The number of carbonyl (C=O) groups excluding carboxylic acids is 1. The summed E-state index contributed by atoms with van der Waals surface area (Å²) in [5.74, 6) is 0.738. The first kappa shape index (κ1) is 14.9. The average Bonchev–Trinajstić information content (AvgIpc) is 2.99. The van der Waals surface area contributed by atoms with E-state index in [0.717, 1.165) is 42.3 Å². The second-order valence-corrected chi connectivity index (χ2v) is 6.23. The minimum Gasteiger partial charge on any atom is -0.460 e. The van der Waals surface area contributed by atoms with Crippen LogP contribution in [0.5, 0.6) is 0 Å². The van der Waals surface area contributed by atoms with Gasteiger partial charge in [-0.2, -0.15) is 0 Å². The number of ether oxygens (including phenoxy) is 1. The van der Waals surface area contributed by atoms with Gasteiger partial charge in [0.25, 0.3) is 0 Å². The number of aryl methyl sites for hydroxylation is 1. The minimum absolute atomic E-state index is 0.0267. The normalized spacial score (nSPS) is 15.8. The average molecular weight is 318 g/mol. The van der Waals surface area contributed by atoms with E-state index < -0.39 is 0 Å². The Morgan fingerprint density at radius 3 is 2.82 bits per heavy atom. The maximum absolute atomic E-state index is 12.2. The Morgan fingerprint density at radius 1 is 1.36 bits per heavy atom. The van der Waals surface area contributed by atoms with Crippen molar-refractivity contribution in [3.05, 3.63) is 34.7 Å². The Labute approximate surface area is 133 Å². The van der Waals surface area contributed by atoms with Gasteiger partial charge in [0.15, 0.2) is 0 Å². The van der Waals surface area contributed by atoms with Gasteiger partial charge in [-0.25, -0.2) is 9.97 Å². The van der Waals surface area contributed by atoms with Gasteiger partial charge in [0.1, 0.15) is 12.4 Å². The molecule has 7 heteroatoms. The Morgan fingerprint density at radius 2 is 2.18 bits per heavy atom. The topological polar surface area (TPSA) is 68.2 Å². The van der Waals surface area contributed by atoms with Gasteiger partial charge < -0.3 is 9.64 Å². The first-order valence-electron chi connectivity index (χ1n) is 7.30. The summed E-state index contributed by atoms with van der Waals surface area (Å²) in [6.07, 6.45) is 6.68. The molecule has 0 spiro atoms. The minimum atomic E-state index is -0.105. The molecule has 1 saturated heterocycles. The summed E-state index contributed by atoms with van der Waals surface area (Å²) < 4.78 is 5.43. The molecule has 0 aromatic carbocycles. The number of anilines is 1. The van der Waals surface area contributed by atoms with Gasteiger partial charge in [-0.15, -0.1) is 11.3 Å². The highest BCUT2D eigenvalue weighted by atomic mass is 32.1. The molecule has 1 aliphatic heterocycles. The fourth-order valence-electron chi connectivity index (χ4n) is 2.52.